The lowest BCUT2D eigenvalue weighted by Crippen LogP contribution is -2.51. The minimum absolute atomic E-state index is 0.0394. The van der Waals surface area contributed by atoms with Crippen LogP contribution in [0.4, 0.5) is 23.0 Å². The minimum atomic E-state index is -4.84. The van der Waals surface area contributed by atoms with Gasteiger partial charge in [-0.3, -0.25) is 14.9 Å². The number of alkyl halides is 3. The second kappa shape index (κ2) is 13.1. The van der Waals surface area contributed by atoms with Crippen molar-refractivity contribution < 1.29 is 32.7 Å². The molecular weight excluding hydrogens is 619 g/mol. The number of phenolic OH excluding ortho intramolecular Hbond substituents is 1. The number of benzene rings is 1. The first-order chi connectivity index (χ1) is 20.8. The van der Waals surface area contributed by atoms with E-state index in [4.69, 9.17) is 11.6 Å². The maximum Gasteiger partial charge on any atom is 0.420 e. The molecule has 1 unspecified atom stereocenters. The molecule has 3 aliphatic rings. The number of hydrogen-bond acceptors (Lipinski definition) is 6. The summed E-state index contributed by atoms with van der Waals surface area (Å²) in [6.45, 7) is 2.31. The maximum absolute atomic E-state index is 13.8. The summed E-state index contributed by atoms with van der Waals surface area (Å²) in [5.41, 5.74) is -0.0909. The molecule has 0 radical (unpaired) electrons. The Hall–Kier alpha value is -3.03. The van der Waals surface area contributed by atoms with Crippen LogP contribution in [0.1, 0.15) is 48.8 Å². The van der Waals surface area contributed by atoms with Gasteiger partial charge in [-0.05, 0) is 75.3 Å². The Morgan fingerprint density at radius 3 is 2.41 bits per heavy atom. The molecule has 5 rings (SSSR count). The first-order valence-corrected chi connectivity index (χ1v) is 16.0. The molecule has 2 aromatic rings. The van der Waals surface area contributed by atoms with Crippen LogP contribution in [0.3, 0.4) is 0 Å². The fourth-order valence-electron chi connectivity index (χ4n) is 6.44. The van der Waals surface area contributed by atoms with E-state index in [1.807, 2.05) is 25.5 Å². The summed E-state index contributed by atoms with van der Waals surface area (Å²) in [6, 6.07) is 4.15. The SMILES string of the molecule is CN(C)C1CCN(C(=O)C(CC(=O)N2CCC(N3Cc4ccsc4NC3=O)CC2)Cc2cc(Cl)c(O)c(C(F)(F)F)c2)CC1. The standard InChI is InChI=1S/C30H37ClF3N5O4S/c1-36(2)21-3-10-38(11-4-21)28(42)20(13-18-14-23(30(32,33)34)26(41)24(31)15-18)16-25(40)37-8-5-22(6-9-37)39-17-19-7-12-44-27(19)35-29(39)43/h7,12,14-15,20-22,41H,3-6,8-11,13,16-17H2,1-2H3,(H,35,43). The number of aromatic hydroxyl groups is 1. The quantitative estimate of drug-likeness (QED) is 0.424. The number of nitrogens with one attached hydrogen (secondary N) is 1. The fourth-order valence-corrected chi connectivity index (χ4v) is 7.48. The number of halogens is 4. The van der Waals surface area contributed by atoms with Gasteiger partial charge in [0.25, 0.3) is 0 Å². The van der Waals surface area contributed by atoms with Crippen LogP contribution in [-0.4, -0.2) is 94.9 Å². The summed E-state index contributed by atoms with van der Waals surface area (Å²) >= 11 is 7.45. The first-order valence-electron chi connectivity index (χ1n) is 14.8. The van der Waals surface area contributed by atoms with Crippen molar-refractivity contribution >= 4 is 45.8 Å². The molecule has 4 amide bonds. The van der Waals surface area contributed by atoms with Gasteiger partial charge < -0.3 is 24.7 Å². The molecule has 1 atom stereocenters. The molecule has 14 heteroatoms. The van der Waals surface area contributed by atoms with Crippen molar-refractivity contribution in [3.05, 3.63) is 45.3 Å². The van der Waals surface area contributed by atoms with Crippen LogP contribution >= 0.6 is 22.9 Å². The predicted molar refractivity (Wildman–Crippen MR) is 162 cm³/mol. The molecule has 3 aliphatic heterocycles. The van der Waals surface area contributed by atoms with Gasteiger partial charge in [0.2, 0.25) is 11.8 Å². The van der Waals surface area contributed by atoms with Crippen molar-refractivity contribution in [1.29, 1.82) is 0 Å². The van der Waals surface area contributed by atoms with Crippen LogP contribution < -0.4 is 5.32 Å². The number of phenols is 1. The molecule has 44 heavy (non-hydrogen) atoms. The van der Waals surface area contributed by atoms with Crippen molar-refractivity contribution in [2.24, 2.45) is 5.92 Å². The van der Waals surface area contributed by atoms with E-state index >= 15 is 0 Å². The highest BCUT2D eigenvalue weighted by Gasteiger charge is 2.38. The van der Waals surface area contributed by atoms with Gasteiger partial charge in [0.05, 0.1) is 23.0 Å². The van der Waals surface area contributed by atoms with Crippen LogP contribution in [-0.2, 0) is 28.7 Å². The van der Waals surface area contributed by atoms with Crippen molar-refractivity contribution in [1.82, 2.24) is 19.6 Å². The van der Waals surface area contributed by atoms with E-state index < -0.39 is 28.4 Å². The van der Waals surface area contributed by atoms with E-state index in [9.17, 15) is 32.7 Å². The number of rotatable bonds is 7. The van der Waals surface area contributed by atoms with E-state index in [0.29, 0.717) is 51.6 Å². The van der Waals surface area contributed by atoms with Gasteiger partial charge in [-0.2, -0.15) is 13.2 Å². The molecule has 2 N–H and O–H groups in total. The van der Waals surface area contributed by atoms with Gasteiger partial charge in [0.1, 0.15) is 10.8 Å². The lowest BCUT2D eigenvalue weighted by molar-refractivity contribution is -0.143. The number of piperidine rings is 2. The number of carbonyl (C=O) groups is 3. The summed E-state index contributed by atoms with van der Waals surface area (Å²) in [4.78, 5) is 47.3. The molecule has 4 heterocycles. The Labute approximate surface area is 263 Å². The van der Waals surface area contributed by atoms with Crippen molar-refractivity contribution in [3.63, 3.8) is 0 Å². The minimum Gasteiger partial charge on any atom is -0.506 e. The van der Waals surface area contributed by atoms with Gasteiger partial charge in [-0.15, -0.1) is 11.3 Å². The highest BCUT2D eigenvalue weighted by Crippen LogP contribution is 2.41. The normalized spacial score (nSPS) is 19.2. The molecule has 0 saturated carbocycles. The summed E-state index contributed by atoms with van der Waals surface area (Å²) in [5.74, 6) is -2.50. The number of anilines is 1. The zero-order chi connectivity index (χ0) is 31.8. The Morgan fingerprint density at radius 2 is 1.77 bits per heavy atom. The predicted octanol–water partition coefficient (Wildman–Crippen LogP) is 5.27. The lowest BCUT2D eigenvalue weighted by Gasteiger charge is -2.40. The van der Waals surface area contributed by atoms with Gasteiger partial charge in [0, 0.05) is 50.2 Å². The molecule has 0 spiro atoms. The highest BCUT2D eigenvalue weighted by molar-refractivity contribution is 7.14. The van der Waals surface area contributed by atoms with Gasteiger partial charge in [-0.25, -0.2) is 4.79 Å². The molecule has 240 valence electrons. The molecule has 2 fully saturated rings. The third-order valence-electron chi connectivity index (χ3n) is 9.01. The number of fused-ring (bicyclic) bond motifs is 1. The van der Waals surface area contributed by atoms with Crippen LogP contribution in [0.25, 0.3) is 0 Å². The number of thiophene rings is 1. The van der Waals surface area contributed by atoms with Crippen LogP contribution in [0.5, 0.6) is 5.75 Å². The second-order valence-electron chi connectivity index (χ2n) is 12.0. The summed E-state index contributed by atoms with van der Waals surface area (Å²) in [7, 11) is 3.97. The molecular formula is C30H37ClF3N5O4S. The molecule has 2 saturated heterocycles. The summed E-state index contributed by atoms with van der Waals surface area (Å²) in [6.07, 6.45) is -2.46. The first kappa shape index (κ1) is 32.4. The molecule has 9 nitrogen and oxygen atoms in total. The summed E-state index contributed by atoms with van der Waals surface area (Å²) < 4.78 is 40.8. The van der Waals surface area contributed by atoms with Gasteiger partial charge >= 0.3 is 12.2 Å². The second-order valence-corrected chi connectivity index (χ2v) is 13.4. The number of nitrogens with zero attached hydrogens (tertiary/aromatic N) is 4. The number of urea groups is 1. The lowest BCUT2D eigenvalue weighted by atomic mass is 9.91. The monoisotopic (exact) mass is 655 g/mol. The van der Waals surface area contributed by atoms with E-state index in [-0.39, 0.29) is 42.3 Å². The number of hydrogen-bond donors (Lipinski definition) is 2. The Kier molecular flexibility index (Phi) is 9.66. The topological polar surface area (TPSA) is 96.4 Å². The van der Waals surface area contributed by atoms with Crippen LogP contribution in [0.2, 0.25) is 5.02 Å². The Balaban J connectivity index is 1.28. The molecule has 1 aromatic heterocycles. The Morgan fingerprint density at radius 1 is 1.11 bits per heavy atom. The largest absolute Gasteiger partial charge is 0.506 e. The van der Waals surface area contributed by atoms with Gasteiger partial charge in [-0.1, -0.05) is 11.6 Å². The van der Waals surface area contributed by atoms with E-state index in [1.165, 1.54) is 17.4 Å². The highest BCUT2D eigenvalue weighted by atomic mass is 35.5. The smallest absolute Gasteiger partial charge is 0.420 e. The maximum atomic E-state index is 13.8. The number of carbonyl (C=O) groups excluding carboxylic acids is 3. The zero-order valence-corrected chi connectivity index (χ0v) is 26.3. The van der Waals surface area contributed by atoms with Crippen molar-refractivity contribution in [2.75, 3.05) is 45.6 Å². The average Bonchev–Trinajstić information content (AvgIpc) is 3.44. The summed E-state index contributed by atoms with van der Waals surface area (Å²) in [5, 5.41) is 15.2. The third-order valence-corrected chi connectivity index (χ3v) is 10.2. The van der Waals surface area contributed by atoms with Crippen molar-refractivity contribution in [3.8, 4) is 5.75 Å². The van der Waals surface area contributed by atoms with Crippen LogP contribution in [0, 0.1) is 5.92 Å². The van der Waals surface area contributed by atoms with E-state index in [0.717, 1.165) is 29.5 Å². The van der Waals surface area contributed by atoms with E-state index in [2.05, 4.69) is 10.2 Å². The number of likely N-dealkylation sites (tertiary alicyclic amines) is 2. The fraction of sp³-hybridized carbons (Fsp3) is 0.567. The zero-order valence-electron chi connectivity index (χ0n) is 24.7. The van der Waals surface area contributed by atoms with Crippen molar-refractivity contribution in [2.45, 2.75) is 63.3 Å². The van der Waals surface area contributed by atoms with Crippen LogP contribution in [0.15, 0.2) is 23.6 Å². The molecule has 1 aromatic carbocycles. The van der Waals surface area contributed by atoms with Gasteiger partial charge in [0.15, 0.2) is 0 Å². The molecule has 0 bridgehead atoms. The average molecular weight is 656 g/mol. The third kappa shape index (κ3) is 7.10. The Bertz CT molecular complexity index is 1390. The number of amides is 4. The van der Waals surface area contributed by atoms with E-state index in [1.54, 1.807) is 14.7 Å². The molecule has 0 aliphatic carbocycles.